The molecule has 5 nitrogen and oxygen atoms in total. The minimum atomic E-state index is -3.06. The summed E-state index contributed by atoms with van der Waals surface area (Å²) in [5.74, 6) is 0.815. The number of rotatable bonds is 6. The Morgan fingerprint density at radius 2 is 2.19 bits per heavy atom. The summed E-state index contributed by atoms with van der Waals surface area (Å²) < 4.78 is 28.1. The standard InChI is InChI=1S/C15H21NO4S/c1-11-3-4-12(2)15(7-11)20-9-14(17)8-16-13-5-6-21(18,19)10-13/h3-7,13-14,16-17H,8-10H2,1-2H3. The van der Waals surface area contributed by atoms with E-state index in [0.29, 0.717) is 0 Å². The third-order valence-corrected chi connectivity index (χ3v) is 4.72. The fourth-order valence-electron chi connectivity index (χ4n) is 2.10. The van der Waals surface area contributed by atoms with Gasteiger partial charge in [0.2, 0.25) is 0 Å². The molecule has 0 aromatic heterocycles. The van der Waals surface area contributed by atoms with Crippen LogP contribution in [0.2, 0.25) is 0 Å². The van der Waals surface area contributed by atoms with Crippen LogP contribution in [0.1, 0.15) is 11.1 Å². The molecule has 2 atom stereocenters. The van der Waals surface area contributed by atoms with Crippen molar-refractivity contribution in [3.63, 3.8) is 0 Å². The molecule has 2 unspecified atom stereocenters. The number of aliphatic hydroxyl groups excluding tert-OH is 1. The van der Waals surface area contributed by atoms with E-state index in [2.05, 4.69) is 5.32 Å². The van der Waals surface area contributed by atoms with Gasteiger partial charge < -0.3 is 15.2 Å². The highest BCUT2D eigenvalue weighted by Crippen LogP contribution is 2.19. The molecule has 1 heterocycles. The molecule has 0 aliphatic carbocycles. The fraction of sp³-hybridized carbons (Fsp3) is 0.467. The number of hydrogen-bond acceptors (Lipinski definition) is 5. The Hall–Kier alpha value is -1.37. The van der Waals surface area contributed by atoms with E-state index < -0.39 is 15.9 Å². The largest absolute Gasteiger partial charge is 0.491 e. The number of aliphatic hydroxyl groups is 1. The third-order valence-electron chi connectivity index (χ3n) is 3.32. The molecule has 21 heavy (non-hydrogen) atoms. The maximum atomic E-state index is 11.3. The van der Waals surface area contributed by atoms with E-state index in [1.165, 1.54) is 5.41 Å². The van der Waals surface area contributed by atoms with Gasteiger partial charge in [0.25, 0.3) is 0 Å². The van der Waals surface area contributed by atoms with Gasteiger partial charge in [-0.25, -0.2) is 8.42 Å². The first-order chi connectivity index (χ1) is 9.85. The van der Waals surface area contributed by atoms with Crippen LogP contribution in [0.25, 0.3) is 0 Å². The zero-order valence-corrected chi connectivity index (χ0v) is 13.1. The zero-order chi connectivity index (χ0) is 15.5. The van der Waals surface area contributed by atoms with Crippen LogP contribution < -0.4 is 10.1 Å². The van der Waals surface area contributed by atoms with E-state index in [1.807, 2.05) is 32.0 Å². The second-order valence-corrected chi connectivity index (χ2v) is 7.34. The molecule has 0 fully saturated rings. The van der Waals surface area contributed by atoms with Crippen LogP contribution in [0.5, 0.6) is 5.75 Å². The summed E-state index contributed by atoms with van der Waals surface area (Å²) in [7, 11) is -3.06. The van der Waals surface area contributed by atoms with Crippen LogP contribution in [0.3, 0.4) is 0 Å². The number of benzene rings is 1. The van der Waals surface area contributed by atoms with Crippen LogP contribution in [-0.4, -0.2) is 44.6 Å². The molecule has 0 saturated carbocycles. The van der Waals surface area contributed by atoms with Gasteiger partial charge >= 0.3 is 0 Å². The minimum absolute atomic E-state index is 0.0531. The third kappa shape index (κ3) is 4.84. The van der Waals surface area contributed by atoms with Gasteiger partial charge in [0, 0.05) is 18.0 Å². The molecule has 0 radical (unpaired) electrons. The lowest BCUT2D eigenvalue weighted by atomic mass is 10.1. The Labute approximate surface area is 125 Å². The lowest BCUT2D eigenvalue weighted by Crippen LogP contribution is -2.38. The van der Waals surface area contributed by atoms with Crippen LogP contribution in [-0.2, 0) is 9.84 Å². The first-order valence-electron chi connectivity index (χ1n) is 6.88. The fourth-order valence-corrected chi connectivity index (χ4v) is 3.37. The van der Waals surface area contributed by atoms with E-state index in [1.54, 1.807) is 6.08 Å². The molecule has 6 heteroatoms. The predicted octanol–water partition coefficient (Wildman–Crippen LogP) is 0.943. The SMILES string of the molecule is Cc1ccc(C)c(OCC(O)CNC2C=CS(=O)(=O)C2)c1. The van der Waals surface area contributed by atoms with Crippen LogP contribution in [0.4, 0.5) is 0 Å². The van der Waals surface area contributed by atoms with Crippen LogP contribution in [0.15, 0.2) is 29.7 Å². The Bertz CT molecular complexity index is 625. The Morgan fingerprint density at radius 1 is 1.43 bits per heavy atom. The highest BCUT2D eigenvalue weighted by molar-refractivity contribution is 7.94. The number of ether oxygens (including phenoxy) is 1. The van der Waals surface area contributed by atoms with Gasteiger partial charge in [-0.2, -0.15) is 0 Å². The molecule has 116 valence electrons. The maximum Gasteiger partial charge on any atom is 0.173 e. The second kappa shape index (κ2) is 6.60. The Balaban J connectivity index is 1.76. The normalized spacial score (nSPS) is 21.4. The van der Waals surface area contributed by atoms with Gasteiger partial charge in [0.05, 0.1) is 5.75 Å². The van der Waals surface area contributed by atoms with Crippen molar-refractivity contribution in [3.8, 4) is 5.75 Å². The highest BCUT2D eigenvalue weighted by Gasteiger charge is 2.21. The van der Waals surface area contributed by atoms with E-state index in [-0.39, 0.29) is 24.9 Å². The molecule has 2 N–H and O–H groups in total. The van der Waals surface area contributed by atoms with Crippen molar-refractivity contribution in [3.05, 3.63) is 40.8 Å². The molecule has 2 rings (SSSR count). The molecular weight excluding hydrogens is 290 g/mol. The molecule has 0 saturated heterocycles. The summed E-state index contributed by atoms with van der Waals surface area (Å²) in [4.78, 5) is 0. The quantitative estimate of drug-likeness (QED) is 0.818. The summed E-state index contributed by atoms with van der Waals surface area (Å²) in [5.41, 5.74) is 2.12. The van der Waals surface area contributed by atoms with Gasteiger partial charge in [0.1, 0.15) is 18.5 Å². The molecule has 0 amide bonds. The monoisotopic (exact) mass is 311 g/mol. The zero-order valence-electron chi connectivity index (χ0n) is 12.2. The van der Waals surface area contributed by atoms with Gasteiger partial charge in [0.15, 0.2) is 9.84 Å². The van der Waals surface area contributed by atoms with Crippen molar-refractivity contribution < 1.29 is 18.3 Å². The van der Waals surface area contributed by atoms with Gasteiger partial charge in [-0.3, -0.25) is 0 Å². The lowest BCUT2D eigenvalue weighted by molar-refractivity contribution is 0.105. The van der Waals surface area contributed by atoms with Gasteiger partial charge in [-0.1, -0.05) is 18.2 Å². The van der Waals surface area contributed by atoms with E-state index in [4.69, 9.17) is 4.74 Å². The van der Waals surface area contributed by atoms with Crippen LogP contribution >= 0.6 is 0 Å². The number of hydrogen-bond donors (Lipinski definition) is 2. The molecule has 1 aliphatic heterocycles. The molecule has 1 aromatic rings. The second-order valence-electron chi connectivity index (χ2n) is 5.41. The highest BCUT2D eigenvalue weighted by atomic mass is 32.2. The number of nitrogens with one attached hydrogen (secondary N) is 1. The molecule has 1 aliphatic rings. The van der Waals surface area contributed by atoms with Crippen molar-refractivity contribution in [2.24, 2.45) is 0 Å². The molecule has 0 spiro atoms. The summed E-state index contributed by atoms with van der Waals surface area (Å²) >= 11 is 0. The smallest absolute Gasteiger partial charge is 0.173 e. The summed E-state index contributed by atoms with van der Waals surface area (Å²) in [6.07, 6.45) is 0.912. The summed E-state index contributed by atoms with van der Waals surface area (Å²) in [6, 6.07) is 5.68. The molecule has 0 bridgehead atoms. The van der Waals surface area contributed by atoms with E-state index >= 15 is 0 Å². The van der Waals surface area contributed by atoms with Crippen molar-refractivity contribution >= 4 is 9.84 Å². The van der Waals surface area contributed by atoms with E-state index in [0.717, 1.165) is 16.9 Å². The van der Waals surface area contributed by atoms with Gasteiger partial charge in [-0.15, -0.1) is 0 Å². The van der Waals surface area contributed by atoms with Gasteiger partial charge in [-0.05, 0) is 31.0 Å². The first-order valence-corrected chi connectivity index (χ1v) is 8.60. The Morgan fingerprint density at radius 3 is 2.86 bits per heavy atom. The topological polar surface area (TPSA) is 75.6 Å². The Kier molecular flexibility index (Phi) is 5.03. The lowest BCUT2D eigenvalue weighted by Gasteiger charge is -2.16. The summed E-state index contributed by atoms with van der Waals surface area (Å²) in [6.45, 7) is 4.39. The van der Waals surface area contributed by atoms with E-state index in [9.17, 15) is 13.5 Å². The number of aryl methyl sites for hydroxylation is 2. The molecular formula is C15H21NO4S. The van der Waals surface area contributed by atoms with Crippen molar-refractivity contribution in [2.45, 2.75) is 26.0 Å². The molecule has 1 aromatic carbocycles. The van der Waals surface area contributed by atoms with Crippen molar-refractivity contribution in [1.29, 1.82) is 0 Å². The summed E-state index contributed by atoms with van der Waals surface area (Å²) in [5, 5.41) is 14.1. The first kappa shape index (κ1) is 16.0. The van der Waals surface area contributed by atoms with Crippen LogP contribution in [0, 0.1) is 13.8 Å². The predicted molar refractivity (Wildman–Crippen MR) is 82.1 cm³/mol. The van der Waals surface area contributed by atoms with Crippen molar-refractivity contribution in [2.75, 3.05) is 18.9 Å². The average molecular weight is 311 g/mol. The average Bonchev–Trinajstić information content (AvgIpc) is 2.77. The van der Waals surface area contributed by atoms with Crippen molar-refractivity contribution in [1.82, 2.24) is 5.32 Å². The number of sulfone groups is 1. The minimum Gasteiger partial charge on any atom is -0.491 e. The maximum absolute atomic E-state index is 11.3.